The van der Waals surface area contributed by atoms with Crippen LogP contribution in [0, 0.1) is 11.3 Å². The largest absolute Gasteiger partial charge is 0.397 e. The Balaban J connectivity index is 1.48. The maximum absolute atomic E-state index is 13.1. The van der Waals surface area contributed by atoms with Gasteiger partial charge in [-0.15, -0.1) is 11.3 Å². The summed E-state index contributed by atoms with van der Waals surface area (Å²) in [6.45, 7) is 6.76. The van der Waals surface area contributed by atoms with Crippen molar-refractivity contribution in [3.63, 3.8) is 0 Å². The Morgan fingerprint density at radius 3 is 2.59 bits per heavy atom. The van der Waals surface area contributed by atoms with Gasteiger partial charge in [0.05, 0.1) is 11.3 Å². The van der Waals surface area contributed by atoms with Crippen LogP contribution in [0.5, 0.6) is 0 Å². The Hall–Kier alpha value is -3.15. The molecule has 1 saturated heterocycles. The minimum absolute atomic E-state index is 0.0270. The standard InChI is InChI=1S/C24H28N6OS/c1-14(2)18-17(12-25)22(27)29-24-19(18)20(26)21(32-24)23(31)28-16-8-10-30(11-9-16)13-15-6-4-3-5-7-15/h3-7,14,16H,8-11,13,26H2,1-2H3,(H2,27,29)(H,28,31). The number of likely N-dealkylation sites (tertiary alicyclic amines) is 1. The zero-order chi connectivity index (χ0) is 22.8. The summed E-state index contributed by atoms with van der Waals surface area (Å²) in [5.74, 6) is 0.0284. The molecule has 8 heteroatoms. The Labute approximate surface area is 192 Å². The van der Waals surface area contributed by atoms with Crippen molar-refractivity contribution < 1.29 is 4.79 Å². The number of fused-ring (bicyclic) bond motifs is 1. The highest BCUT2D eigenvalue weighted by Crippen LogP contribution is 2.40. The van der Waals surface area contributed by atoms with E-state index >= 15 is 0 Å². The maximum Gasteiger partial charge on any atom is 0.263 e. The molecule has 0 saturated carbocycles. The number of carbonyl (C=O) groups excluding carboxylic acids is 1. The van der Waals surface area contributed by atoms with Crippen LogP contribution in [-0.2, 0) is 6.54 Å². The van der Waals surface area contributed by atoms with E-state index in [0.717, 1.165) is 38.0 Å². The molecule has 0 bridgehead atoms. The van der Waals surface area contributed by atoms with Gasteiger partial charge in [0, 0.05) is 31.1 Å². The third kappa shape index (κ3) is 4.27. The summed E-state index contributed by atoms with van der Waals surface area (Å²) in [6, 6.07) is 12.7. The van der Waals surface area contributed by atoms with E-state index in [4.69, 9.17) is 11.5 Å². The van der Waals surface area contributed by atoms with Crippen LogP contribution in [0.1, 0.15) is 59.0 Å². The number of benzene rings is 1. The van der Waals surface area contributed by atoms with Gasteiger partial charge in [-0.05, 0) is 29.9 Å². The minimum Gasteiger partial charge on any atom is -0.397 e. The average molecular weight is 449 g/mol. The molecule has 0 spiro atoms. The zero-order valence-electron chi connectivity index (χ0n) is 18.4. The Morgan fingerprint density at radius 2 is 1.97 bits per heavy atom. The number of nitrogen functional groups attached to an aromatic ring is 2. The molecule has 1 aliphatic heterocycles. The number of rotatable bonds is 5. The summed E-state index contributed by atoms with van der Waals surface area (Å²) in [6.07, 6.45) is 1.79. The number of nitrogens with zero attached hydrogens (tertiary/aromatic N) is 3. The van der Waals surface area contributed by atoms with Crippen LogP contribution in [0.3, 0.4) is 0 Å². The molecule has 0 unspecified atom stereocenters. The number of thiophene rings is 1. The highest BCUT2D eigenvalue weighted by molar-refractivity contribution is 7.21. The van der Waals surface area contributed by atoms with Crippen LogP contribution in [0.15, 0.2) is 30.3 Å². The van der Waals surface area contributed by atoms with Crippen molar-refractivity contribution in [2.45, 2.75) is 45.2 Å². The van der Waals surface area contributed by atoms with Gasteiger partial charge >= 0.3 is 0 Å². The van der Waals surface area contributed by atoms with E-state index in [2.05, 4.69) is 45.5 Å². The first-order chi connectivity index (χ1) is 15.4. The molecule has 7 nitrogen and oxygen atoms in total. The molecule has 3 aromatic rings. The fraction of sp³-hybridized carbons (Fsp3) is 0.375. The molecule has 1 aliphatic rings. The van der Waals surface area contributed by atoms with E-state index in [9.17, 15) is 10.1 Å². The second-order valence-corrected chi connectivity index (χ2v) is 9.59. The molecule has 3 heterocycles. The van der Waals surface area contributed by atoms with Gasteiger partial charge in [0.15, 0.2) is 0 Å². The molecular formula is C24H28N6OS. The first kappa shape index (κ1) is 22.1. The monoisotopic (exact) mass is 448 g/mol. The van der Waals surface area contributed by atoms with Crippen LogP contribution in [0.4, 0.5) is 11.5 Å². The predicted molar refractivity (Wildman–Crippen MR) is 129 cm³/mol. The number of nitrogens with one attached hydrogen (secondary N) is 1. The summed E-state index contributed by atoms with van der Waals surface area (Å²) in [5, 5.41) is 13.4. The quantitative estimate of drug-likeness (QED) is 0.545. The normalized spacial score (nSPS) is 15.2. The van der Waals surface area contributed by atoms with Gasteiger partial charge in [-0.1, -0.05) is 44.2 Å². The highest BCUT2D eigenvalue weighted by atomic mass is 32.1. The topological polar surface area (TPSA) is 121 Å². The summed E-state index contributed by atoms with van der Waals surface area (Å²) < 4.78 is 0. The first-order valence-corrected chi connectivity index (χ1v) is 11.7. The number of carbonyl (C=O) groups is 1. The summed E-state index contributed by atoms with van der Waals surface area (Å²) in [7, 11) is 0. The van der Waals surface area contributed by atoms with Crippen LogP contribution < -0.4 is 16.8 Å². The third-order valence-electron chi connectivity index (χ3n) is 6.01. The van der Waals surface area contributed by atoms with Gasteiger partial charge in [-0.2, -0.15) is 5.26 Å². The summed E-state index contributed by atoms with van der Waals surface area (Å²) in [5.41, 5.74) is 15.2. The number of anilines is 2. The number of hydrogen-bond acceptors (Lipinski definition) is 7. The van der Waals surface area contributed by atoms with Crippen LogP contribution in [0.2, 0.25) is 0 Å². The van der Waals surface area contributed by atoms with Crippen LogP contribution in [0.25, 0.3) is 10.2 Å². The van der Waals surface area contributed by atoms with Gasteiger partial charge in [-0.25, -0.2) is 4.98 Å². The molecule has 0 atom stereocenters. The van der Waals surface area contributed by atoms with Crippen molar-refractivity contribution >= 4 is 39.0 Å². The fourth-order valence-electron chi connectivity index (χ4n) is 4.39. The van der Waals surface area contributed by atoms with Crippen molar-refractivity contribution in [2.75, 3.05) is 24.6 Å². The van der Waals surface area contributed by atoms with E-state index in [1.807, 2.05) is 19.9 Å². The minimum atomic E-state index is -0.182. The second kappa shape index (κ2) is 9.15. The molecule has 166 valence electrons. The third-order valence-corrected chi connectivity index (χ3v) is 7.11. The lowest BCUT2D eigenvalue weighted by molar-refractivity contribution is 0.0914. The van der Waals surface area contributed by atoms with Crippen LogP contribution >= 0.6 is 11.3 Å². The van der Waals surface area contributed by atoms with Crippen molar-refractivity contribution in [3.8, 4) is 6.07 Å². The Morgan fingerprint density at radius 1 is 1.28 bits per heavy atom. The van der Waals surface area contributed by atoms with E-state index in [-0.39, 0.29) is 23.7 Å². The number of pyridine rings is 1. The smallest absolute Gasteiger partial charge is 0.263 e. The number of hydrogen-bond donors (Lipinski definition) is 3. The van der Waals surface area contributed by atoms with Gasteiger partial charge in [0.1, 0.15) is 21.6 Å². The lowest BCUT2D eigenvalue weighted by atomic mass is 9.95. The SMILES string of the molecule is CC(C)c1c(C#N)c(N)nc2sc(C(=O)NC3CCN(Cc4ccccc4)CC3)c(N)c12. The van der Waals surface area contributed by atoms with Gasteiger partial charge in [-0.3, -0.25) is 9.69 Å². The average Bonchev–Trinajstić information content (AvgIpc) is 3.10. The molecule has 0 radical (unpaired) electrons. The first-order valence-electron chi connectivity index (χ1n) is 10.9. The van der Waals surface area contributed by atoms with Gasteiger partial charge in [0.25, 0.3) is 5.91 Å². The van der Waals surface area contributed by atoms with Gasteiger partial charge < -0.3 is 16.8 Å². The zero-order valence-corrected chi connectivity index (χ0v) is 19.2. The molecule has 1 aromatic carbocycles. The summed E-state index contributed by atoms with van der Waals surface area (Å²) >= 11 is 1.24. The molecule has 5 N–H and O–H groups in total. The Kier molecular flexibility index (Phi) is 6.31. The lowest BCUT2D eigenvalue weighted by Gasteiger charge is -2.32. The number of aromatic nitrogens is 1. The van der Waals surface area contributed by atoms with Crippen LogP contribution in [-0.4, -0.2) is 34.9 Å². The number of nitrogens with two attached hydrogens (primary N) is 2. The van der Waals surface area contributed by atoms with E-state index in [1.165, 1.54) is 16.9 Å². The Bertz CT molecular complexity index is 1170. The molecule has 1 amide bonds. The van der Waals surface area contributed by atoms with Crippen molar-refractivity contribution in [3.05, 3.63) is 51.9 Å². The van der Waals surface area contributed by atoms with E-state index in [0.29, 0.717) is 26.3 Å². The lowest BCUT2D eigenvalue weighted by Crippen LogP contribution is -2.44. The molecule has 2 aromatic heterocycles. The maximum atomic E-state index is 13.1. The van der Waals surface area contributed by atoms with Crippen molar-refractivity contribution in [1.82, 2.24) is 15.2 Å². The molecule has 32 heavy (non-hydrogen) atoms. The van der Waals surface area contributed by atoms with E-state index in [1.54, 1.807) is 0 Å². The molecular weight excluding hydrogens is 420 g/mol. The molecule has 1 fully saturated rings. The van der Waals surface area contributed by atoms with Crippen molar-refractivity contribution in [1.29, 1.82) is 5.26 Å². The number of nitriles is 1. The number of amides is 1. The molecule has 4 rings (SSSR count). The molecule has 0 aliphatic carbocycles. The van der Waals surface area contributed by atoms with E-state index < -0.39 is 0 Å². The predicted octanol–water partition coefficient (Wildman–Crippen LogP) is 3.85. The van der Waals surface area contributed by atoms with Gasteiger partial charge in [0.2, 0.25) is 0 Å². The fourth-order valence-corrected chi connectivity index (χ4v) is 5.41. The summed E-state index contributed by atoms with van der Waals surface area (Å²) in [4.78, 5) is 20.9. The highest BCUT2D eigenvalue weighted by Gasteiger charge is 2.27. The second-order valence-electron chi connectivity index (χ2n) is 8.59. The number of piperidine rings is 1. The van der Waals surface area contributed by atoms with Crippen molar-refractivity contribution in [2.24, 2.45) is 0 Å².